The molecule has 0 bridgehead atoms. The Morgan fingerprint density at radius 2 is 1.86 bits per heavy atom. The van der Waals surface area contributed by atoms with Crippen LogP contribution in [0.1, 0.15) is 36.9 Å². The molecule has 2 unspecified atom stereocenters. The molecule has 0 aromatic heterocycles. The van der Waals surface area contributed by atoms with Gasteiger partial charge in [-0.2, -0.15) is 0 Å². The lowest BCUT2D eigenvalue weighted by Crippen LogP contribution is -2.43. The molecular weight excluding hydrogens is 321 g/mol. The molecule has 6 heteroatoms. The van der Waals surface area contributed by atoms with E-state index in [4.69, 9.17) is 5.73 Å². The first-order valence-electron chi connectivity index (χ1n) is 7.31. The Bertz CT molecular complexity index is 463. The monoisotopic (exact) mass is 347 g/mol. The number of halogens is 2. The molecule has 2 atom stereocenters. The van der Waals surface area contributed by atoms with Gasteiger partial charge in [-0.05, 0) is 39.3 Å². The van der Waals surface area contributed by atoms with Crippen molar-refractivity contribution in [2.45, 2.75) is 44.8 Å². The zero-order valence-electron chi connectivity index (χ0n) is 13.4. The van der Waals surface area contributed by atoms with Crippen LogP contribution in [-0.2, 0) is 4.79 Å². The Morgan fingerprint density at radius 3 is 2.36 bits per heavy atom. The maximum atomic E-state index is 12.1. The second kappa shape index (κ2) is 9.36. The predicted molar refractivity (Wildman–Crippen MR) is 95.9 cm³/mol. The first-order valence-corrected chi connectivity index (χ1v) is 7.31. The van der Waals surface area contributed by atoms with E-state index in [2.05, 4.69) is 24.2 Å². The summed E-state index contributed by atoms with van der Waals surface area (Å²) in [5.41, 5.74) is 8.02. The normalized spacial score (nSPS) is 16.2. The Balaban J connectivity index is 0.00000220. The van der Waals surface area contributed by atoms with E-state index in [9.17, 15) is 4.79 Å². The standard InChI is InChI=1S/C16H25N3O.2ClH/c1-11-4-6-13(7-5-11)15(17)16(20)18-10-12(2)19(3)14-8-9-14;;/h4-7,12,14-15H,8-10,17H2,1-3H3,(H,18,20);2*1H. The van der Waals surface area contributed by atoms with Crippen LogP contribution in [-0.4, -0.2) is 36.5 Å². The van der Waals surface area contributed by atoms with Crippen LogP contribution in [0.25, 0.3) is 0 Å². The molecule has 0 spiro atoms. The van der Waals surface area contributed by atoms with Gasteiger partial charge in [-0.15, -0.1) is 24.8 Å². The van der Waals surface area contributed by atoms with Crippen LogP contribution in [0.4, 0.5) is 0 Å². The molecule has 2 rings (SSSR count). The topological polar surface area (TPSA) is 58.4 Å². The summed E-state index contributed by atoms with van der Waals surface area (Å²) in [4.78, 5) is 14.4. The molecule has 22 heavy (non-hydrogen) atoms. The van der Waals surface area contributed by atoms with Gasteiger partial charge in [0.05, 0.1) is 0 Å². The highest BCUT2D eigenvalue weighted by molar-refractivity contribution is 5.85. The molecule has 0 heterocycles. The summed E-state index contributed by atoms with van der Waals surface area (Å²) in [5.74, 6) is -0.107. The van der Waals surface area contributed by atoms with Gasteiger partial charge in [0.1, 0.15) is 6.04 Å². The van der Waals surface area contributed by atoms with E-state index in [1.165, 1.54) is 18.4 Å². The molecule has 1 saturated carbocycles. The lowest BCUT2D eigenvalue weighted by molar-refractivity contribution is -0.122. The Kier molecular flexibility index (Phi) is 9.01. The van der Waals surface area contributed by atoms with Crippen molar-refractivity contribution in [3.63, 3.8) is 0 Å². The fraction of sp³-hybridized carbons (Fsp3) is 0.562. The first-order chi connectivity index (χ1) is 9.49. The number of carbonyl (C=O) groups is 1. The first kappa shape index (κ1) is 21.2. The molecule has 4 nitrogen and oxygen atoms in total. The van der Waals surface area contributed by atoms with Gasteiger partial charge in [-0.25, -0.2) is 0 Å². The predicted octanol–water partition coefficient (Wildman–Crippen LogP) is 2.44. The van der Waals surface area contributed by atoms with Crippen LogP contribution >= 0.6 is 24.8 Å². The van der Waals surface area contributed by atoms with Gasteiger partial charge in [0.25, 0.3) is 0 Å². The zero-order chi connectivity index (χ0) is 14.7. The lowest BCUT2D eigenvalue weighted by atomic mass is 10.1. The van der Waals surface area contributed by atoms with E-state index in [0.717, 1.165) is 5.56 Å². The lowest BCUT2D eigenvalue weighted by Gasteiger charge is -2.25. The number of nitrogens with one attached hydrogen (secondary N) is 1. The molecule has 1 fully saturated rings. The molecule has 1 aliphatic rings. The number of nitrogens with two attached hydrogens (primary N) is 1. The van der Waals surface area contributed by atoms with Crippen molar-refractivity contribution in [3.05, 3.63) is 35.4 Å². The van der Waals surface area contributed by atoms with Crippen LogP contribution in [0.5, 0.6) is 0 Å². The van der Waals surface area contributed by atoms with Crippen LogP contribution in [0.2, 0.25) is 0 Å². The van der Waals surface area contributed by atoms with Crippen molar-refractivity contribution >= 4 is 30.7 Å². The third-order valence-electron chi connectivity index (χ3n) is 4.11. The van der Waals surface area contributed by atoms with Crippen LogP contribution in [0, 0.1) is 6.92 Å². The average Bonchev–Trinajstić information content (AvgIpc) is 3.28. The van der Waals surface area contributed by atoms with Gasteiger partial charge < -0.3 is 11.1 Å². The fourth-order valence-corrected chi connectivity index (χ4v) is 2.27. The van der Waals surface area contributed by atoms with E-state index in [1.807, 2.05) is 31.2 Å². The highest BCUT2D eigenvalue weighted by Gasteiger charge is 2.29. The van der Waals surface area contributed by atoms with Crippen molar-refractivity contribution < 1.29 is 4.79 Å². The summed E-state index contributed by atoms with van der Waals surface area (Å²) >= 11 is 0. The van der Waals surface area contributed by atoms with Gasteiger partial charge in [-0.1, -0.05) is 29.8 Å². The average molecular weight is 348 g/mol. The fourth-order valence-electron chi connectivity index (χ4n) is 2.27. The summed E-state index contributed by atoms with van der Waals surface area (Å²) in [6, 6.07) is 8.25. The molecular formula is C16H27Cl2N3O. The van der Waals surface area contributed by atoms with Crippen molar-refractivity contribution in [2.75, 3.05) is 13.6 Å². The molecule has 1 aromatic carbocycles. The summed E-state index contributed by atoms with van der Waals surface area (Å²) in [6.45, 7) is 4.80. The highest BCUT2D eigenvalue weighted by atomic mass is 35.5. The molecule has 0 aliphatic heterocycles. The van der Waals surface area contributed by atoms with Gasteiger partial charge in [0.2, 0.25) is 5.91 Å². The minimum atomic E-state index is -0.589. The number of amides is 1. The number of rotatable bonds is 6. The molecule has 1 aromatic rings. The highest BCUT2D eigenvalue weighted by Crippen LogP contribution is 2.26. The number of hydrogen-bond acceptors (Lipinski definition) is 3. The van der Waals surface area contributed by atoms with Gasteiger partial charge in [0.15, 0.2) is 0 Å². The number of nitrogens with zero attached hydrogens (tertiary/aromatic N) is 1. The third kappa shape index (κ3) is 5.76. The second-order valence-corrected chi connectivity index (χ2v) is 5.88. The number of benzene rings is 1. The number of aryl methyl sites for hydroxylation is 1. The van der Waals surface area contributed by atoms with E-state index >= 15 is 0 Å². The SMILES string of the molecule is Cc1ccc(C(N)C(=O)NCC(C)N(C)C2CC2)cc1.Cl.Cl. The Hall–Kier alpha value is -0.810. The minimum absolute atomic E-state index is 0. The molecule has 0 saturated heterocycles. The van der Waals surface area contributed by atoms with E-state index in [0.29, 0.717) is 18.6 Å². The van der Waals surface area contributed by atoms with Gasteiger partial charge >= 0.3 is 0 Å². The summed E-state index contributed by atoms with van der Waals surface area (Å²) < 4.78 is 0. The van der Waals surface area contributed by atoms with Crippen molar-refractivity contribution in [3.8, 4) is 0 Å². The van der Waals surface area contributed by atoms with Crippen LogP contribution in [0.15, 0.2) is 24.3 Å². The van der Waals surface area contributed by atoms with Crippen molar-refractivity contribution in [2.24, 2.45) is 5.73 Å². The Morgan fingerprint density at radius 1 is 1.32 bits per heavy atom. The summed E-state index contributed by atoms with van der Waals surface area (Å²) in [6.07, 6.45) is 2.55. The van der Waals surface area contributed by atoms with E-state index in [1.54, 1.807) is 0 Å². The van der Waals surface area contributed by atoms with E-state index < -0.39 is 6.04 Å². The summed E-state index contributed by atoms with van der Waals surface area (Å²) in [7, 11) is 2.12. The molecule has 3 N–H and O–H groups in total. The van der Waals surface area contributed by atoms with Gasteiger partial charge in [-0.3, -0.25) is 9.69 Å². The molecule has 1 amide bonds. The molecule has 0 radical (unpaired) electrons. The number of carbonyl (C=O) groups excluding carboxylic acids is 1. The largest absolute Gasteiger partial charge is 0.353 e. The number of hydrogen-bond donors (Lipinski definition) is 2. The number of likely N-dealkylation sites (N-methyl/N-ethyl adjacent to an activating group) is 1. The molecule has 1 aliphatic carbocycles. The minimum Gasteiger partial charge on any atom is -0.353 e. The maximum Gasteiger partial charge on any atom is 0.241 e. The molecule has 126 valence electrons. The van der Waals surface area contributed by atoms with Crippen LogP contribution < -0.4 is 11.1 Å². The summed E-state index contributed by atoms with van der Waals surface area (Å²) in [5, 5.41) is 2.95. The van der Waals surface area contributed by atoms with Crippen molar-refractivity contribution in [1.82, 2.24) is 10.2 Å². The zero-order valence-corrected chi connectivity index (χ0v) is 15.0. The smallest absolute Gasteiger partial charge is 0.241 e. The van der Waals surface area contributed by atoms with E-state index in [-0.39, 0.29) is 30.7 Å². The van der Waals surface area contributed by atoms with Crippen LogP contribution in [0.3, 0.4) is 0 Å². The van der Waals surface area contributed by atoms with Crippen molar-refractivity contribution in [1.29, 1.82) is 0 Å². The Labute approximate surface area is 145 Å². The third-order valence-corrected chi connectivity index (χ3v) is 4.11. The maximum absolute atomic E-state index is 12.1. The quantitative estimate of drug-likeness (QED) is 0.830. The van der Waals surface area contributed by atoms with Gasteiger partial charge in [0, 0.05) is 18.6 Å². The second-order valence-electron chi connectivity index (χ2n) is 5.88.